The van der Waals surface area contributed by atoms with Gasteiger partial charge in [0.2, 0.25) is 0 Å². The van der Waals surface area contributed by atoms with Gasteiger partial charge in [0, 0.05) is 18.2 Å². The van der Waals surface area contributed by atoms with Crippen molar-refractivity contribution in [3.05, 3.63) is 52.9 Å². The number of hydrogen-bond donors (Lipinski definition) is 3. The van der Waals surface area contributed by atoms with E-state index in [4.69, 9.17) is 15.5 Å². The third-order valence-corrected chi connectivity index (χ3v) is 2.64. The van der Waals surface area contributed by atoms with E-state index in [-0.39, 0.29) is 5.84 Å². The van der Waals surface area contributed by atoms with Crippen LogP contribution in [0.5, 0.6) is 0 Å². The van der Waals surface area contributed by atoms with Crippen molar-refractivity contribution in [3.63, 3.8) is 0 Å². The summed E-state index contributed by atoms with van der Waals surface area (Å²) in [6.45, 7) is 3.15. The van der Waals surface area contributed by atoms with Gasteiger partial charge >= 0.3 is 0 Å². The number of benzene rings is 1. The van der Waals surface area contributed by atoms with Crippen molar-refractivity contribution >= 4 is 5.84 Å². The summed E-state index contributed by atoms with van der Waals surface area (Å²) in [7, 11) is 0. The molecule has 1 heterocycles. The molecule has 1 aromatic carbocycles. The topological polar surface area (TPSA) is 96.7 Å². The average Bonchev–Trinajstić information content (AvgIpc) is 2.84. The van der Waals surface area contributed by atoms with Gasteiger partial charge in [0.05, 0.1) is 12.2 Å². The molecule has 2 rings (SSSR count). The Morgan fingerprint density at radius 2 is 2.26 bits per heavy atom. The van der Waals surface area contributed by atoms with Crippen molar-refractivity contribution in [2.24, 2.45) is 10.9 Å². The predicted octanol–water partition coefficient (Wildman–Crippen LogP) is 1.37. The number of nitrogens with one attached hydrogen (secondary N) is 1. The number of nitrogens with zero attached hydrogens (tertiary/aromatic N) is 2. The maximum Gasteiger partial charge on any atom is 0.170 e. The first-order chi connectivity index (χ1) is 9.19. The van der Waals surface area contributed by atoms with Gasteiger partial charge in [-0.05, 0) is 18.6 Å². The maximum absolute atomic E-state index is 8.63. The minimum atomic E-state index is 0.104. The number of amidine groups is 1. The molecule has 2 aromatic rings. The van der Waals surface area contributed by atoms with E-state index in [0.29, 0.717) is 18.7 Å². The highest BCUT2D eigenvalue weighted by molar-refractivity contribution is 5.97. The van der Waals surface area contributed by atoms with E-state index >= 15 is 0 Å². The van der Waals surface area contributed by atoms with Crippen LogP contribution >= 0.6 is 0 Å². The average molecular weight is 260 g/mol. The summed E-state index contributed by atoms with van der Waals surface area (Å²) in [4.78, 5) is 0. The molecule has 0 spiro atoms. The van der Waals surface area contributed by atoms with Crippen molar-refractivity contribution in [3.8, 4) is 0 Å². The van der Waals surface area contributed by atoms with Gasteiger partial charge in [-0.2, -0.15) is 0 Å². The Balaban J connectivity index is 1.92. The van der Waals surface area contributed by atoms with Gasteiger partial charge in [0.15, 0.2) is 11.6 Å². The lowest BCUT2D eigenvalue weighted by atomic mass is 10.1. The van der Waals surface area contributed by atoms with Crippen molar-refractivity contribution in [2.75, 3.05) is 0 Å². The van der Waals surface area contributed by atoms with Crippen LogP contribution in [0, 0.1) is 6.92 Å². The molecule has 100 valence electrons. The van der Waals surface area contributed by atoms with E-state index in [1.165, 1.54) is 0 Å². The van der Waals surface area contributed by atoms with Crippen LogP contribution in [0.2, 0.25) is 0 Å². The highest BCUT2D eigenvalue weighted by Crippen LogP contribution is 2.06. The minimum absolute atomic E-state index is 0.104. The SMILES string of the molecule is Cc1cc(CNCc2cccc(C(N)=NO)c2)on1. The lowest BCUT2D eigenvalue weighted by Gasteiger charge is -2.05. The molecule has 0 aliphatic heterocycles. The van der Waals surface area contributed by atoms with Crippen molar-refractivity contribution in [1.29, 1.82) is 0 Å². The molecular formula is C13H16N4O2. The fraction of sp³-hybridized carbons (Fsp3) is 0.231. The van der Waals surface area contributed by atoms with E-state index in [9.17, 15) is 0 Å². The summed E-state index contributed by atoms with van der Waals surface area (Å²) >= 11 is 0. The minimum Gasteiger partial charge on any atom is -0.409 e. The van der Waals surface area contributed by atoms with Gasteiger partial charge in [-0.1, -0.05) is 28.5 Å². The molecule has 19 heavy (non-hydrogen) atoms. The standard InChI is InChI=1S/C13H16N4O2/c1-9-5-12(19-17-9)8-15-7-10-3-2-4-11(6-10)13(14)16-18/h2-6,15,18H,7-8H2,1H3,(H2,14,16). The lowest BCUT2D eigenvalue weighted by molar-refractivity contribution is 0.318. The number of nitrogens with two attached hydrogens (primary N) is 1. The molecule has 1 aromatic heterocycles. The first kappa shape index (κ1) is 13.1. The second-order valence-corrected chi connectivity index (χ2v) is 4.22. The summed E-state index contributed by atoms with van der Waals surface area (Å²) in [6, 6.07) is 9.38. The van der Waals surface area contributed by atoms with Crippen LogP contribution < -0.4 is 11.1 Å². The third kappa shape index (κ3) is 3.56. The third-order valence-electron chi connectivity index (χ3n) is 2.64. The molecule has 0 unspecified atom stereocenters. The Kier molecular flexibility index (Phi) is 4.15. The van der Waals surface area contributed by atoms with Crippen LogP contribution in [0.4, 0.5) is 0 Å². The van der Waals surface area contributed by atoms with Crippen molar-refractivity contribution < 1.29 is 9.73 Å². The van der Waals surface area contributed by atoms with E-state index in [1.807, 2.05) is 31.2 Å². The van der Waals surface area contributed by atoms with E-state index in [0.717, 1.165) is 17.0 Å². The highest BCUT2D eigenvalue weighted by atomic mass is 16.5. The first-order valence-corrected chi connectivity index (χ1v) is 5.89. The van der Waals surface area contributed by atoms with Crippen LogP contribution in [0.3, 0.4) is 0 Å². The fourth-order valence-corrected chi connectivity index (χ4v) is 1.73. The van der Waals surface area contributed by atoms with Gasteiger partial charge < -0.3 is 20.8 Å². The normalized spacial score (nSPS) is 11.7. The fourth-order valence-electron chi connectivity index (χ4n) is 1.73. The maximum atomic E-state index is 8.63. The number of oxime groups is 1. The van der Waals surface area contributed by atoms with Crippen molar-refractivity contribution in [1.82, 2.24) is 10.5 Å². The molecule has 0 radical (unpaired) electrons. The van der Waals surface area contributed by atoms with Gasteiger partial charge in [-0.25, -0.2) is 0 Å². The van der Waals surface area contributed by atoms with Crippen LogP contribution in [-0.4, -0.2) is 16.2 Å². The highest BCUT2D eigenvalue weighted by Gasteiger charge is 2.02. The Morgan fingerprint density at radius 3 is 2.95 bits per heavy atom. The lowest BCUT2D eigenvalue weighted by Crippen LogP contribution is -2.15. The van der Waals surface area contributed by atoms with Crippen LogP contribution in [0.25, 0.3) is 0 Å². The Bertz CT molecular complexity index is 578. The zero-order chi connectivity index (χ0) is 13.7. The molecule has 0 saturated carbocycles. The van der Waals surface area contributed by atoms with E-state index in [1.54, 1.807) is 6.07 Å². The van der Waals surface area contributed by atoms with Gasteiger partial charge in [-0.15, -0.1) is 0 Å². The summed E-state index contributed by atoms with van der Waals surface area (Å²) in [5.41, 5.74) is 8.14. The van der Waals surface area contributed by atoms with E-state index < -0.39 is 0 Å². The molecule has 0 aliphatic rings. The molecule has 0 bridgehead atoms. The number of aryl methyl sites for hydroxylation is 1. The van der Waals surface area contributed by atoms with Crippen LogP contribution in [0.1, 0.15) is 22.6 Å². The Morgan fingerprint density at radius 1 is 1.42 bits per heavy atom. The molecule has 0 fully saturated rings. The molecule has 0 aliphatic carbocycles. The number of aromatic nitrogens is 1. The Hall–Kier alpha value is -2.34. The molecular weight excluding hydrogens is 244 g/mol. The molecule has 0 atom stereocenters. The summed E-state index contributed by atoms with van der Waals surface area (Å²) in [6.07, 6.45) is 0. The van der Waals surface area contributed by atoms with Gasteiger partial charge in [0.1, 0.15) is 0 Å². The molecule has 4 N–H and O–H groups in total. The molecule has 6 heteroatoms. The summed E-state index contributed by atoms with van der Waals surface area (Å²) < 4.78 is 5.10. The summed E-state index contributed by atoms with van der Waals surface area (Å²) in [5.74, 6) is 0.901. The van der Waals surface area contributed by atoms with Crippen molar-refractivity contribution in [2.45, 2.75) is 20.0 Å². The zero-order valence-corrected chi connectivity index (χ0v) is 10.6. The Labute approximate surface area is 110 Å². The second-order valence-electron chi connectivity index (χ2n) is 4.22. The molecule has 0 saturated heterocycles. The molecule has 0 amide bonds. The van der Waals surface area contributed by atoms with E-state index in [2.05, 4.69) is 15.6 Å². The van der Waals surface area contributed by atoms with Gasteiger partial charge in [0.25, 0.3) is 0 Å². The van der Waals surface area contributed by atoms with Crippen LogP contribution in [0.15, 0.2) is 40.0 Å². The summed E-state index contributed by atoms with van der Waals surface area (Å²) in [5, 5.41) is 18.7. The number of hydrogen-bond acceptors (Lipinski definition) is 5. The quantitative estimate of drug-likeness (QED) is 0.326. The predicted molar refractivity (Wildman–Crippen MR) is 70.7 cm³/mol. The zero-order valence-electron chi connectivity index (χ0n) is 10.6. The first-order valence-electron chi connectivity index (χ1n) is 5.89. The second kappa shape index (κ2) is 6.01. The largest absolute Gasteiger partial charge is 0.409 e. The molecule has 6 nitrogen and oxygen atoms in total. The number of rotatable bonds is 5. The van der Waals surface area contributed by atoms with Gasteiger partial charge in [-0.3, -0.25) is 0 Å². The monoisotopic (exact) mass is 260 g/mol. The van der Waals surface area contributed by atoms with Crippen LogP contribution in [-0.2, 0) is 13.1 Å². The smallest absolute Gasteiger partial charge is 0.170 e.